The smallest absolute Gasteiger partial charge is 0.272 e. The predicted molar refractivity (Wildman–Crippen MR) is 63.0 cm³/mol. The number of rotatable bonds is 5. The summed E-state index contributed by atoms with van der Waals surface area (Å²) >= 11 is 0. The first kappa shape index (κ1) is 11.4. The Morgan fingerprint density at radius 2 is 2.00 bits per heavy atom. The van der Waals surface area contributed by atoms with Crippen molar-refractivity contribution < 1.29 is 14.5 Å². The molecule has 0 saturated carbocycles. The van der Waals surface area contributed by atoms with Gasteiger partial charge in [0, 0.05) is 5.56 Å². The fourth-order valence-corrected chi connectivity index (χ4v) is 1.78. The number of furan rings is 1. The molecule has 0 radical (unpaired) electrons. The molecule has 4 nitrogen and oxygen atoms in total. The monoisotopic (exact) mass is 231 g/mol. The lowest BCUT2D eigenvalue weighted by Crippen LogP contribution is -2.87. The number of carbonyl (C=O) groups excluding carboxylic acids is 1. The van der Waals surface area contributed by atoms with Gasteiger partial charge in [-0.05, 0) is 12.1 Å². The molecule has 17 heavy (non-hydrogen) atoms. The Hall–Kier alpha value is -2.07. The molecule has 0 bridgehead atoms. The van der Waals surface area contributed by atoms with Crippen LogP contribution in [0.1, 0.15) is 17.4 Å². The highest BCUT2D eigenvalue weighted by atomic mass is 16.3. The molecule has 4 N–H and O–H groups in total. The van der Waals surface area contributed by atoms with E-state index in [4.69, 9.17) is 10.2 Å². The first-order chi connectivity index (χ1) is 8.27. The molecule has 4 heteroatoms. The fraction of sp³-hybridized carbons (Fsp3) is 0.154. The maximum absolute atomic E-state index is 10.9. The van der Waals surface area contributed by atoms with E-state index in [0.717, 1.165) is 11.3 Å². The van der Waals surface area contributed by atoms with Gasteiger partial charge in [0.25, 0.3) is 5.91 Å². The SMILES string of the molecule is NC(=O)C[NH2+][C@H](c1ccccc1)c1ccco1. The van der Waals surface area contributed by atoms with Crippen molar-refractivity contribution in [2.75, 3.05) is 6.54 Å². The largest absolute Gasteiger partial charge is 0.463 e. The van der Waals surface area contributed by atoms with Gasteiger partial charge in [-0.15, -0.1) is 0 Å². The van der Waals surface area contributed by atoms with Crippen LogP contribution in [0.4, 0.5) is 0 Å². The van der Waals surface area contributed by atoms with E-state index >= 15 is 0 Å². The maximum atomic E-state index is 10.9. The van der Waals surface area contributed by atoms with Crippen LogP contribution < -0.4 is 11.1 Å². The standard InChI is InChI=1S/C13H14N2O2/c14-12(16)9-15-13(11-7-4-8-17-11)10-5-2-1-3-6-10/h1-8,13,15H,9H2,(H2,14,16)/p+1/t13-/m1/s1. The van der Waals surface area contributed by atoms with E-state index in [1.807, 2.05) is 47.8 Å². The summed E-state index contributed by atoms with van der Waals surface area (Å²) in [5.41, 5.74) is 6.26. The average molecular weight is 231 g/mol. The Labute approximate surface area is 99.4 Å². The zero-order valence-electron chi connectivity index (χ0n) is 9.37. The highest BCUT2D eigenvalue weighted by molar-refractivity contribution is 5.74. The maximum Gasteiger partial charge on any atom is 0.272 e. The molecular formula is C13H15N2O2+. The quantitative estimate of drug-likeness (QED) is 0.782. The van der Waals surface area contributed by atoms with Gasteiger partial charge in [0.15, 0.2) is 18.3 Å². The Balaban J connectivity index is 2.22. The molecule has 88 valence electrons. The Bertz CT molecular complexity index is 465. The van der Waals surface area contributed by atoms with E-state index in [9.17, 15) is 4.79 Å². The number of nitrogens with two attached hydrogens (primary N) is 2. The summed E-state index contributed by atoms with van der Waals surface area (Å²) in [6, 6.07) is 13.6. The minimum Gasteiger partial charge on any atom is -0.463 e. The van der Waals surface area contributed by atoms with E-state index < -0.39 is 0 Å². The molecule has 1 aromatic heterocycles. The second kappa shape index (κ2) is 5.32. The van der Waals surface area contributed by atoms with Crippen LogP contribution >= 0.6 is 0 Å². The Morgan fingerprint density at radius 1 is 1.24 bits per heavy atom. The highest BCUT2D eigenvalue weighted by Gasteiger charge is 2.20. The van der Waals surface area contributed by atoms with Gasteiger partial charge in [-0.3, -0.25) is 4.79 Å². The number of carbonyl (C=O) groups is 1. The lowest BCUT2D eigenvalue weighted by Gasteiger charge is -2.12. The molecule has 0 aliphatic heterocycles. The zero-order valence-corrected chi connectivity index (χ0v) is 9.37. The van der Waals surface area contributed by atoms with E-state index in [1.54, 1.807) is 6.26 Å². The number of hydrogen-bond acceptors (Lipinski definition) is 2. The fourth-order valence-electron chi connectivity index (χ4n) is 1.78. The van der Waals surface area contributed by atoms with Crippen molar-refractivity contribution in [3.8, 4) is 0 Å². The molecule has 0 aliphatic rings. The molecule has 1 amide bonds. The molecule has 0 saturated heterocycles. The molecule has 1 atom stereocenters. The van der Waals surface area contributed by atoms with E-state index in [0.29, 0.717) is 0 Å². The van der Waals surface area contributed by atoms with Gasteiger partial charge in [0.05, 0.1) is 6.26 Å². The van der Waals surface area contributed by atoms with Crippen molar-refractivity contribution in [1.29, 1.82) is 0 Å². The Morgan fingerprint density at radius 3 is 2.59 bits per heavy atom. The van der Waals surface area contributed by atoms with Crippen LogP contribution in [-0.4, -0.2) is 12.5 Å². The van der Waals surface area contributed by atoms with Crippen LogP contribution in [0.2, 0.25) is 0 Å². The van der Waals surface area contributed by atoms with Crippen molar-refractivity contribution in [1.82, 2.24) is 0 Å². The summed E-state index contributed by atoms with van der Waals surface area (Å²) in [5, 5.41) is 1.87. The number of hydrogen-bond donors (Lipinski definition) is 2. The zero-order chi connectivity index (χ0) is 12.1. The van der Waals surface area contributed by atoms with E-state index in [1.165, 1.54) is 0 Å². The Kier molecular flexibility index (Phi) is 3.57. The molecule has 0 unspecified atom stereocenters. The van der Waals surface area contributed by atoms with Crippen molar-refractivity contribution in [2.24, 2.45) is 5.73 Å². The number of amides is 1. The molecule has 0 spiro atoms. The van der Waals surface area contributed by atoms with Crippen LogP contribution in [0.3, 0.4) is 0 Å². The minimum atomic E-state index is -0.336. The summed E-state index contributed by atoms with van der Waals surface area (Å²) < 4.78 is 5.40. The third-order valence-corrected chi connectivity index (χ3v) is 2.56. The number of quaternary nitrogens is 1. The third kappa shape index (κ3) is 2.95. The molecule has 0 aliphatic carbocycles. The summed E-state index contributed by atoms with van der Waals surface area (Å²) in [6.07, 6.45) is 1.63. The summed E-state index contributed by atoms with van der Waals surface area (Å²) in [4.78, 5) is 10.9. The lowest BCUT2D eigenvalue weighted by molar-refractivity contribution is -0.678. The molecule has 2 rings (SSSR count). The summed E-state index contributed by atoms with van der Waals surface area (Å²) in [6.45, 7) is 0.236. The van der Waals surface area contributed by atoms with Gasteiger partial charge in [-0.1, -0.05) is 30.3 Å². The van der Waals surface area contributed by atoms with Crippen LogP contribution in [-0.2, 0) is 4.79 Å². The second-order valence-corrected chi connectivity index (χ2v) is 3.81. The summed E-state index contributed by atoms with van der Waals surface area (Å²) in [7, 11) is 0. The van der Waals surface area contributed by atoms with Gasteiger partial charge < -0.3 is 15.5 Å². The van der Waals surface area contributed by atoms with Gasteiger partial charge in [-0.2, -0.15) is 0 Å². The molecular weight excluding hydrogens is 216 g/mol. The third-order valence-electron chi connectivity index (χ3n) is 2.56. The number of primary amides is 1. The van der Waals surface area contributed by atoms with Crippen LogP contribution in [0, 0.1) is 0 Å². The molecule has 2 aromatic rings. The van der Waals surface area contributed by atoms with Crippen LogP contribution in [0.25, 0.3) is 0 Å². The normalized spacial score (nSPS) is 12.2. The molecule has 0 fully saturated rings. The molecule has 1 heterocycles. The van der Waals surface area contributed by atoms with Crippen molar-refractivity contribution >= 4 is 5.91 Å². The lowest BCUT2D eigenvalue weighted by atomic mass is 10.0. The van der Waals surface area contributed by atoms with Gasteiger partial charge >= 0.3 is 0 Å². The van der Waals surface area contributed by atoms with Crippen LogP contribution in [0.5, 0.6) is 0 Å². The van der Waals surface area contributed by atoms with Gasteiger partial charge in [0.2, 0.25) is 0 Å². The molecule has 1 aromatic carbocycles. The van der Waals surface area contributed by atoms with E-state index in [2.05, 4.69) is 0 Å². The minimum absolute atomic E-state index is 0.0290. The number of benzene rings is 1. The predicted octanol–water partition coefficient (Wildman–Crippen LogP) is 0.418. The first-order valence-corrected chi connectivity index (χ1v) is 5.47. The van der Waals surface area contributed by atoms with E-state index in [-0.39, 0.29) is 18.5 Å². The van der Waals surface area contributed by atoms with Crippen LogP contribution in [0.15, 0.2) is 53.1 Å². The average Bonchev–Trinajstić information content (AvgIpc) is 2.84. The first-order valence-electron chi connectivity index (χ1n) is 5.47. The highest BCUT2D eigenvalue weighted by Crippen LogP contribution is 2.18. The van der Waals surface area contributed by atoms with Gasteiger partial charge in [-0.25, -0.2) is 0 Å². The van der Waals surface area contributed by atoms with Crippen molar-refractivity contribution in [2.45, 2.75) is 6.04 Å². The topological polar surface area (TPSA) is 72.8 Å². The summed E-state index contributed by atoms with van der Waals surface area (Å²) in [5.74, 6) is 0.481. The second-order valence-electron chi connectivity index (χ2n) is 3.81. The van der Waals surface area contributed by atoms with Gasteiger partial charge in [0.1, 0.15) is 0 Å². The van der Waals surface area contributed by atoms with Crippen molar-refractivity contribution in [3.05, 3.63) is 60.1 Å². The van der Waals surface area contributed by atoms with Crippen molar-refractivity contribution in [3.63, 3.8) is 0 Å².